The van der Waals surface area contributed by atoms with Crippen LogP contribution in [0.25, 0.3) is 0 Å². The largest absolute Gasteiger partial charge is 0.489 e. The van der Waals surface area contributed by atoms with Crippen molar-refractivity contribution in [3.63, 3.8) is 0 Å². The van der Waals surface area contributed by atoms with Crippen LogP contribution in [0.2, 0.25) is 0 Å². The molecule has 4 heterocycles. The lowest BCUT2D eigenvalue weighted by Gasteiger charge is -2.32. The van der Waals surface area contributed by atoms with Gasteiger partial charge in [-0.1, -0.05) is 0 Å². The summed E-state index contributed by atoms with van der Waals surface area (Å²) in [6, 6.07) is 8.20. The van der Waals surface area contributed by atoms with Crippen molar-refractivity contribution in [2.24, 2.45) is 0 Å². The lowest BCUT2D eigenvalue weighted by atomic mass is 10.1. The molecule has 0 saturated carbocycles. The Morgan fingerprint density at radius 2 is 1.96 bits per heavy atom. The van der Waals surface area contributed by atoms with E-state index < -0.39 is 0 Å². The number of amides is 1. The highest BCUT2D eigenvalue weighted by atomic mass is 16.5. The second-order valence-electron chi connectivity index (χ2n) is 7.39. The van der Waals surface area contributed by atoms with Crippen LogP contribution in [0.5, 0.6) is 5.75 Å². The summed E-state index contributed by atoms with van der Waals surface area (Å²) in [6.07, 6.45) is 9.40. The standard InChI is InChI=1S/C21H26N4O2/c1-16-4-3-11-25(16)20-7-6-17(14-23-20)21(26)24-12-8-18(9-13-24)27-19-5-2-10-22-15-19/h2,5-7,10,14-16,18H,3-4,8-9,11-13H2,1H3/t16-/m0/s1. The SMILES string of the molecule is C[C@H]1CCCN1c1ccc(C(=O)N2CCC(Oc3cccnc3)CC2)cn1. The number of likely N-dealkylation sites (tertiary alicyclic amines) is 1. The van der Waals surface area contributed by atoms with Crippen LogP contribution >= 0.6 is 0 Å². The molecule has 0 spiro atoms. The van der Waals surface area contributed by atoms with Gasteiger partial charge in [0.05, 0.1) is 11.8 Å². The van der Waals surface area contributed by atoms with E-state index in [1.54, 1.807) is 18.6 Å². The van der Waals surface area contributed by atoms with Gasteiger partial charge in [0.25, 0.3) is 5.91 Å². The molecule has 2 aliphatic rings. The quantitative estimate of drug-likeness (QED) is 0.832. The van der Waals surface area contributed by atoms with Gasteiger partial charge in [-0.2, -0.15) is 0 Å². The number of piperidine rings is 1. The van der Waals surface area contributed by atoms with Crippen LogP contribution in [0.3, 0.4) is 0 Å². The summed E-state index contributed by atoms with van der Waals surface area (Å²) in [5, 5.41) is 0. The Balaban J connectivity index is 1.32. The van der Waals surface area contributed by atoms with Crippen LogP contribution in [0.4, 0.5) is 5.82 Å². The monoisotopic (exact) mass is 366 g/mol. The molecule has 6 heteroatoms. The Hall–Kier alpha value is -2.63. The highest BCUT2D eigenvalue weighted by molar-refractivity contribution is 5.94. The third-order valence-corrected chi connectivity index (χ3v) is 5.51. The Bertz CT molecular complexity index is 758. The summed E-state index contributed by atoms with van der Waals surface area (Å²) >= 11 is 0. The number of pyridine rings is 2. The molecule has 1 atom stereocenters. The van der Waals surface area contributed by atoms with Gasteiger partial charge in [0.15, 0.2) is 0 Å². The number of anilines is 1. The highest BCUT2D eigenvalue weighted by Crippen LogP contribution is 2.24. The van der Waals surface area contributed by atoms with Crippen molar-refractivity contribution in [2.75, 3.05) is 24.5 Å². The van der Waals surface area contributed by atoms with Crippen molar-refractivity contribution in [3.8, 4) is 5.75 Å². The molecule has 0 N–H and O–H groups in total. The number of nitrogens with zero attached hydrogens (tertiary/aromatic N) is 4. The summed E-state index contributed by atoms with van der Waals surface area (Å²) in [4.78, 5) is 25.6. The average Bonchev–Trinajstić information content (AvgIpc) is 3.15. The maximum absolute atomic E-state index is 12.8. The third-order valence-electron chi connectivity index (χ3n) is 5.51. The van der Waals surface area contributed by atoms with Crippen LogP contribution in [-0.2, 0) is 0 Å². The van der Waals surface area contributed by atoms with E-state index in [9.17, 15) is 4.79 Å². The molecule has 2 aromatic rings. The minimum absolute atomic E-state index is 0.0587. The van der Waals surface area contributed by atoms with E-state index >= 15 is 0 Å². The van der Waals surface area contributed by atoms with E-state index in [2.05, 4.69) is 21.8 Å². The fourth-order valence-electron chi connectivity index (χ4n) is 3.92. The van der Waals surface area contributed by atoms with Crippen LogP contribution in [-0.4, -0.2) is 52.6 Å². The fourth-order valence-corrected chi connectivity index (χ4v) is 3.92. The van der Waals surface area contributed by atoms with Crippen molar-refractivity contribution in [2.45, 2.75) is 44.8 Å². The molecule has 27 heavy (non-hydrogen) atoms. The number of rotatable bonds is 4. The first-order chi connectivity index (χ1) is 13.2. The molecule has 1 amide bonds. The van der Waals surface area contributed by atoms with Gasteiger partial charge in [-0.3, -0.25) is 9.78 Å². The predicted octanol–water partition coefficient (Wildman–Crippen LogP) is 3.15. The molecule has 0 unspecified atom stereocenters. The molecule has 0 aromatic carbocycles. The average molecular weight is 366 g/mol. The van der Waals surface area contributed by atoms with Gasteiger partial charge in [0, 0.05) is 50.9 Å². The first-order valence-electron chi connectivity index (χ1n) is 9.79. The molecule has 6 nitrogen and oxygen atoms in total. The van der Waals surface area contributed by atoms with Gasteiger partial charge in [-0.05, 0) is 44.0 Å². The van der Waals surface area contributed by atoms with Crippen molar-refractivity contribution < 1.29 is 9.53 Å². The van der Waals surface area contributed by atoms with Gasteiger partial charge < -0.3 is 14.5 Å². The number of ether oxygens (including phenoxy) is 1. The van der Waals surface area contributed by atoms with Crippen LogP contribution in [0.1, 0.15) is 43.0 Å². The summed E-state index contributed by atoms with van der Waals surface area (Å²) in [5.74, 6) is 1.82. The van der Waals surface area contributed by atoms with Gasteiger partial charge in [0.1, 0.15) is 17.7 Å². The summed E-state index contributed by atoms with van der Waals surface area (Å²) in [7, 11) is 0. The van der Waals surface area contributed by atoms with Gasteiger partial charge in [-0.25, -0.2) is 4.98 Å². The molecule has 0 bridgehead atoms. The molecule has 2 aliphatic heterocycles. The molecule has 2 fully saturated rings. The van der Waals surface area contributed by atoms with Crippen LogP contribution in [0.15, 0.2) is 42.9 Å². The molecule has 142 valence electrons. The first kappa shape index (κ1) is 17.8. The number of hydrogen-bond donors (Lipinski definition) is 0. The third kappa shape index (κ3) is 4.04. The van der Waals surface area contributed by atoms with E-state index in [0.29, 0.717) is 24.7 Å². The molecular formula is C21H26N4O2. The van der Waals surface area contributed by atoms with Gasteiger partial charge >= 0.3 is 0 Å². The van der Waals surface area contributed by atoms with Crippen molar-refractivity contribution in [1.29, 1.82) is 0 Å². The number of carbonyl (C=O) groups is 1. The minimum atomic E-state index is 0.0587. The molecule has 0 aliphatic carbocycles. The lowest BCUT2D eigenvalue weighted by Crippen LogP contribution is -2.41. The molecule has 2 saturated heterocycles. The predicted molar refractivity (Wildman–Crippen MR) is 104 cm³/mol. The van der Waals surface area contributed by atoms with Crippen LogP contribution in [0, 0.1) is 0 Å². The van der Waals surface area contributed by atoms with E-state index in [4.69, 9.17) is 4.74 Å². The Labute approximate surface area is 160 Å². The van der Waals surface area contributed by atoms with Gasteiger partial charge in [-0.15, -0.1) is 0 Å². The van der Waals surface area contributed by atoms with E-state index in [1.807, 2.05) is 29.2 Å². The zero-order valence-electron chi connectivity index (χ0n) is 15.8. The smallest absolute Gasteiger partial charge is 0.255 e. The van der Waals surface area contributed by atoms with Crippen molar-refractivity contribution in [3.05, 3.63) is 48.4 Å². The Morgan fingerprint density at radius 1 is 1.11 bits per heavy atom. The molecule has 2 aromatic heterocycles. The second kappa shape index (κ2) is 7.94. The highest BCUT2D eigenvalue weighted by Gasteiger charge is 2.26. The Kier molecular flexibility index (Phi) is 5.23. The number of aromatic nitrogens is 2. The van der Waals surface area contributed by atoms with Crippen LogP contribution < -0.4 is 9.64 Å². The zero-order chi connectivity index (χ0) is 18.6. The van der Waals surface area contributed by atoms with E-state index in [0.717, 1.165) is 31.0 Å². The second-order valence-corrected chi connectivity index (χ2v) is 7.39. The number of carbonyl (C=O) groups excluding carboxylic acids is 1. The summed E-state index contributed by atoms with van der Waals surface area (Å²) in [5.41, 5.74) is 0.664. The van der Waals surface area contributed by atoms with Gasteiger partial charge in [0.2, 0.25) is 0 Å². The maximum atomic E-state index is 12.8. The zero-order valence-corrected chi connectivity index (χ0v) is 15.8. The summed E-state index contributed by atoms with van der Waals surface area (Å²) < 4.78 is 5.95. The molecule has 0 radical (unpaired) electrons. The van der Waals surface area contributed by atoms with Crippen molar-refractivity contribution in [1.82, 2.24) is 14.9 Å². The first-order valence-corrected chi connectivity index (χ1v) is 9.79. The van der Waals surface area contributed by atoms with E-state index in [1.165, 1.54) is 12.8 Å². The molecule has 4 rings (SSSR count). The lowest BCUT2D eigenvalue weighted by molar-refractivity contribution is 0.0594. The number of hydrogen-bond acceptors (Lipinski definition) is 5. The fraction of sp³-hybridized carbons (Fsp3) is 0.476. The Morgan fingerprint density at radius 3 is 2.59 bits per heavy atom. The maximum Gasteiger partial charge on any atom is 0.255 e. The normalized spacial score (nSPS) is 20.7. The minimum Gasteiger partial charge on any atom is -0.489 e. The summed E-state index contributed by atoms with van der Waals surface area (Å²) in [6.45, 7) is 4.68. The topological polar surface area (TPSA) is 58.6 Å². The van der Waals surface area contributed by atoms with E-state index in [-0.39, 0.29) is 12.0 Å². The molecular weight excluding hydrogens is 340 g/mol. The van der Waals surface area contributed by atoms with Crippen molar-refractivity contribution >= 4 is 11.7 Å².